The van der Waals surface area contributed by atoms with Crippen LogP contribution >= 0.6 is 11.6 Å². The fourth-order valence-corrected chi connectivity index (χ4v) is 2.55. The minimum absolute atomic E-state index is 0.0556. The van der Waals surface area contributed by atoms with Gasteiger partial charge in [-0.25, -0.2) is 4.39 Å². The van der Waals surface area contributed by atoms with Crippen LogP contribution in [0.1, 0.15) is 18.4 Å². The van der Waals surface area contributed by atoms with Crippen LogP contribution in [0.15, 0.2) is 18.2 Å². The second-order valence-corrected chi connectivity index (χ2v) is 5.29. The van der Waals surface area contributed by atoms with E-state index in [-0.39, 0.29) is 10.9 Å². The van der Waals surface area contributed by atoms with Crippen molar-refractivity contribution in [2.24, 2.45) is 0 Å². The monoisotopic (exact) mass is 300 g/mol. The molecular formula is C14H18ClFN2O2. The van der Waals surface area contributed by atoms with Crippen LogP contribution in [0.3, 0.4) is 0 Å². The van der Waals surface area contributed by atoms with E-state index in [0.717, 1.165) is 18.7 Å². The molecule has 0 atom stereocenters. The summed E-state index contributed by atoms with van der Waals surface area (Å²) in [7, 11) is 1.56. The summed E-state index contributed by atoms with van der Waals surface area (Å²) in [5.41, 5.74) is -0.0142. The zero-order valence-corrected chi connectivity index (χ0v) is 12.1. The first-order valence-corrected chi connectivity index (χ1v) is 6.93. The van der Waals surface area contributed by atoms with Crippen LogP contribution in [0, 0.1) is 5.82 Å². The van der Waals surface area contributed by atoms with Gasteiger partial charge in [0.1, 0.15) is 11.4 Å². The van der Waals surface area contributed by atoms with Crippen molar-refractivity contribution in [1.29, 1.82) is 0 Å². The molecule has 0 radical (unpaired) electrons. The molecule has 20 heavy (non-hydrogen) atoms. The standard InChI is InChI=1S/C14H18ClFN2O2/c1-20-14(4-6-17-7-5-14)13(19)18-9-10-2-3-12(16)11(15)8-10/h2-3,8,17H,4-7,9H2,1H3,(H,18,19). The number of carbonyl (C=O) groups excluding carboxylic acids is 1. The minimum Gasteiger partial charge on any atom is -0.368 e. The van der Waals surface area contributed by atoms with Gasteiger partial charge in [-0.2, -0.15) is 0 Å². The normalized spacial score (nSPS) is 17.8. The molecule has 110 valence electrons. The van der Waals surface area contributed by atoms with Crippen LogP contribution in [0.2, 0.25) is 5.02 Å². The van der Waals surface area contributed by atoms with E-state index in [0.29, 0.717) is 19.4 Å². The third-order valence-electron chi connectivity index (χ3n) is 3.65. The molecular weight excluding hydrogens is 283 g/mol. The first kappa shape index (κ1) is 15.2. The van der Waals surface area contributed by atoms with Gasteiger partial charge in [-0.15, -0.1) is 0 Å². The molecule has 1 aliphatic heterocycles. The number of benzene rings is 1. The highest BCUT2D eigenvalue weighted by atomic mass is 35.5. The molecule has 2 N–H and O–H groups in total. The van der Waals surface area contributed by atoms with Crippen molar-refractivity contribution in [2.75, 3.05) is 20.2 Å². The number of rotatable bonds is 4. The zero-order valence-electron chi connectivity index (χ0n) is 11.3. The third kappa shape index (κ3) is 3.29. The number of methoxy groups -OCH3 is 1. The Bertz CT molecular complexity index is 490. The van der Waals surface area contributed by atoms with Crippen molar-refractivity contribution in [3.05, 3.63) is 34.6 Å². The smallest absolute Gasteiger partial charge is 0.252 e. The van der Waals surface area contributed by atoms with Crippen LogP contribution in [-0.2, 0) is 16.1 Å². The van der Waals surface area contributed by atoms with E-state index in [4.69, 9.17) is 16.3 Å². The van der Waals surface area contributed by atoms with E-state index in [1.54, 1.807) is 13.2 Å². The summed E-state index contributed by atoms with van der Waals surface area (Å²) in [6.07, 6.45) is 1.28. The molecule has 0 spiro atoms. The SMILES string of the molecule is COC1(C(=O)NCc2ccc(F)c(Cl)c2)CCNCC1. The number of piperidine rings is 1. The third-order valence-corrected chi connectivity index (χ3v) is 3.94. The molecule has 0 aliphatic carbocycles. The van der Waals surface area contributed by atoms with Gasteiger partial charge in [-0.05, 0) is 43.6 Å². The summed E-state index contributed by atoms with van der Waals surface area (Å²) in [6.45, 7) is 1.81. The average Bonchev–Trinajstić information content (AvgIpc) is 2.48. The van der Waals surface area contributed by atoms with Crippen LogP contribution in [-0.4, -0.2) is 31.7 Å². The van der Waals surface area contributed by atoms with Gasteiger partial charge >= 0.3 is 0 Å². The van der Waals surface area contributed by atoms with Gasteiger partial charge in [0.05, 0.1) is 5.02 Å². The van der Waals surface area contributed by atoms with Crippen LogP contribution in [0.25, 0.3) is 0 Å². The highest BCUT2D eigenvalue weighted by Gasteiger charge is 2.39. The molecule has 0 unspecified atom stereocenters. The zero-order chi connectivity index (χ0) is 14.6. The Kier molecular flexibility index (Phi) is 4.96. The van der Waals surface area contributed by atoms with Gasteiger partial charge in [-0.3, -0.25) is 4.79 Å². The number of hydrogen-bond acceptors (Lipinski definition) is 3. The Hall–Kier alpha value is -1.17. The van der Waals surface area contributed by atoms with Crippen LogP contribution in [0.5, 0.6) is 0 Å². The number of amides is 1. The molecule has 1 saturated heterocycles. The highest BCUT2D eigenvalue weighted by Crippen LogP contribution is 2.23. The number of carbonyl (C=O) groups is 1. The Morgan fingerprint density at radius 1 is 1.50 bits per heavy atom. The predicted octanol–water partition coefficient (Wildman–Crippen LogP) is 1.86. The first-order chi connectivity index (χ1) is 9.57. The summed E-state index contributed by atoms with van der Waals surface area (Å²) in [5.74, 6) is -0.601. The van der Waals surface area contributed by atoms with E-state index < -0.39 is 11.4 Å². The van der Waals surface area contributed by atoms with Crippen molar-refractivity contribution in [3.8, 4) is 0 Å². The Morgan fingerprint density at radius 2 is 2.20 bits per heavy atom. The lowest BCUT2D eigenvalue weighted by molar-refractivity contribution is -0.146. The maximum atomic E-state index is 13.1. The van der Waals surface area contributed by atoms with E-state index in [2.05, 4.69) is 10.6 Å². The molecule has 2 rings (SSSR count). The van der Waals surface area contributed by atoms with Crippen LogP contribution < -0.4 is 10.6 Å². The maximum absolute atomic E-state index is 13.1. The first-order valence-electron chi connectivity index (χ1n) is 6.55. The molecule has 6 heteroatoms. The van der Waals surface area contributed by atoms with Gasteiger partial charge in [0, 0.05) is 13.7 Å². The molecule has 0 saturated carbocycles. The number of hydrogen-bond donors (Lipinski definition) is 2. The fourth-order valence-electron chi connectivity index (χ4n) is 2.35. The summed E-state index contributed by atoms with van der Waals surface area (Å²) >= 11 is 5.71. The van der Waals surface area contributed by atoms with Gasteiger partial charge in [-0.1, -0.05) is 17.7 Å². The van der Waals surface area contributed by atoms with E-state index in [1.807, 2.05) is 0 Å². The summed E-state index contributed by atoms with van der Waals surface area (Å²) < 4.78 is 18.5. The Morgan fingerprint density at radius 3 is 2.80 bits per heavy atom. The lowest BCUT2D eigenvalue weighted by Gasteiger charge is -2.34. The van der Waals surface area contributed by atoms with Crippen molar-refractivity contribution in [2.45, 2.75) is 25.0 Å². The number of ether oxygens (including phenoxy) is 1. The molecule has 1 aliphatic rings. The van der Waals surface area contributed by atoms with Gasteiger partial charge in [0.25, 0.3) is 5.91 Å². The molecule has 1 fully saturated rings. The average molecular weight is 301 g/mol. The second kappa shape index (κ2) is 6.52. The maximum Gasteiger partial charge on any atom is 0.252 e. The van der Waals surface area contributed by atoms with E-state index in [1.165, 1.54) is 12.1 Å². The fraction of sp³-hybridized carbons (Fsp3) is 0.500. The topological polar surface area (TPSA) is 50.4 Å². The lowest BCUT2D eigenvalue weighted by atomic mass is 9.91. The lowest BCUT2D eigenvalue weighted by Crippen LogP contribution is -2.53. The molecule has 1 amide bonds. The number of nitrogens with one attached hydrogen (secondary N) is 2. The Labute approximate surface area is 122 Å². The van der Waals surface area contributed by atoms with Crippen molar-refractivity contribution in [3.63, 3.8) is 0 Å². The quantitative estimate of drug-likeness (QED) is 0.892. The molecule has 1 aromatic carbocycles. The summed E-state index contributed by atoms with van der Waals surface area (Å²) in [6, 6.07) is 4.41. The van der Waals surface area contributed by atoms with Crippen molar-refractivity contribution >= 4 is 17.5 Å². The predicted molar refractivity (Wildman–Crippen MR) is 75.1 cm³/mol. The van der Waals surface area contributed by atoms with E-state index in [9.17, 15) is 9.18 Å². The van der Waals surface area contributed by atoms with Gasteiger partial charge in [0.15, 0.2) is 0 Å². The van der Waals surface area contributed by atoms with Gasteiger partial charge < -0.3 is 15.4 Å². The highest BCUT2D eigenvalue weighted by molar-refractivity contribution is 6.30. The molecule has 1 aromatic rings. The van der Waals surface area contributed by atoms with Crippen molar-refractivity contribution < 1.29 is 13.9 Å². The second-order valence-electron chi connectivity index (χ2n) is 4.88. The molecule has 4 nitrogen and oxygen atoms in total. The minimum atomic E-state index is -0.769. The van der Waals surface area contributed by atoms with E-state index >= 15 is 0 Å². The van der Waals surface area contributed by atoms with Gasteiger partial charge in [0.2, 0.25) is 0 Å². The molecule has 1 heterocycles. The van der Waals surface area contributed by atoms with Crippen LogP contribution in [0.4, 0.5) is 4.39 Å². The van der Waals surface area contributed by atoms with Crippen molar-refractivity contribution in [1.82, 2.24) is 10.6 Å². The Balaban J connectivity index is 1.98. The molecule has 0 aromatic heterocycles. The number of halogens is 2. The molecule has 0 bridgehead atoms. The summed E-state index contributed by atoms with van der Waals surface area (Å²) in [4.78, 5) is 12.3. The largest absolute Gasteiger partial charge is 0.368 e. The summed E-state index contributed by atoms with van der Waals surface area (Å²) in [5, 5.41) is 6.09.